The molecule has 0 radical (unpaired) electrons. The predicted octanol–water partition coefficient (Wildman–Crippen LogP) is 2.24. The minimum atomic E-state index is -2.66. The lowest BCUT2D eigenvalue weighted by Gasteiger charge is -2.33. The summed E-state index contributed by atoms with van der Waals surface area (Å²) in [7, 11) is 0. The highest BCUT2D eigenvalue weighted by atomic mass is 19.3. The highest BCUT2D eigenvalue weighted by molar-refractivity contribution is 5.94. The van der Waals surface area contributed by atoms with E-state index < -0.39 is 23.7 Å². The molecule has 1 aliphatic heterocycles. The zero-order valence-electron chi connectivity index (χ0n) is 11.9. The highest BCUT2D eigenvalue weighted by Crippen LogP contribution is 2.30. The van der Waals surface area contributed by atoms with Gasteiger partial charge in [0.15, 0.2) is 0 Å². The summed E-state index contributed by atoms with van der Waals surface area (Å²) in [6, 6.07) is 5.13. The maximum absolute atomic E-state index is 12.6. The summed E-state index contributed by atoms with van der Waals surface area (Å²) in [5.41, 5.74) is -1.22. The van der Waals surface area contributed by atoms with Crippen molar-refractivity contribution in [1.29, 1.82) is 0 Å². The van der Waals surface area contributed by atoms with Crippen LogP contribution < -0.4 is 5.32 Å². The van der Waals surface area contributed by atoms with Crippen molar-refractivity contribution < 1.29 is 28.2 Å². The molecule has 1 aromatic carbocycles. The van der Waals surface area contributed by atoms with E-state index >= 15 is 0 Å². The Labute approximate surface area is 126 Å². The van der Waals surface area contributed by atoms with Gasteiger partial charge in [-0.1, -0.05) is 12.1 Å². The number of rotatable bonds is 5. The van der Waals surface area contributed by atoms with E-state index in [4.69, 9.17) is 4.74 Å². The summed E-state index contributed by atoms with van der Waals surface area (Å²) in [6.45, 7) is 0.593. The zero-order chi connectivity index (χ0) is 16.2. The number of carboxylic acid groups (broad SMARTS) is 1. The van der Waals surface area contributed by atoms with Crippen molar-refractivity contribution in [3.63, 3.8) is 0 Å². The van der Waals surface area contributed by atoms with Crippen LogP contribution in [0.15, 0.2) is 24.3 Å². The zero-order valence-corrected chi connectivity index (χ0v) is 11.9. The van der Waals surface area contributed by atoms with Gasteiger partial charge in [0.2, 0.25) is 0 Å². The summed E-state index contributed by atoms with van der Waals surface area (Å²) in [6.07, 6.45) is -2.05. The van der Waals surface area contributed by atoms with Crippen molar-refractivity contribution in [3.05, 3.63) is 35.4 Å². The lowest BCUT2D eigenvalue weighted by Crippen LogP contribution is -2.46. The number of hydrogen-bond donors (Lipinski definition) is 2. The number of halogens is 2. The van der Waals surface area contributed by atoms with Crippen LogP contribution >= 0.6 is 0 Å². The number of hydrogen-bond acceptors (Lipinski definition) is 3. The van der Waals surface area contributed by atoms with Gasteiger partial charge in [-0.25, -0.2) is 8.78 Å². The SMILES string of the molecule is O=C(NCC1(C(=O)O)CCOCC1)c1cccc(C(F)F)c1. The molecular formula is C15H17F2NO4. The molecule has 1 fully saturated rings. The van der Waals surface area contributed by atoms with E-state index in [0.717, 1.165) is 6.07 Å². The first-order chi connectivity index (χ1) is 10.4. The molecule has 0 bridgehead atoms. The third-order valence-corrected chi connectivity index (χ3v) is 3.89. The Morgan fingerprint density at radius 3 is 2.59 bits per heavy atom. The number of carbonyl (C=O) groups excluding carboxylic acids is 1. The molecule has 0 unspecified atom stereocenters. The number of benzene rings is 1. The maximum Gasteiger partial charge on any atom is 0.311 e. The van der Waals surface area contributed by atoms with Crippen molar-refractivity contribution in [2.75, 3.05) is 19.8 Å². The summed E-state index contributed by atoms with van der Waals surface area (Å²) >= 11 is 0. The largest absolute Gasteiger partial charge is 0.481 e. The first-order valence-electron chi connectivity index (χ1n) is 6.92. The lowest BCUT2D eigenvalue weighted by molar-refractivity contribution is -0.154. The number of ether oxygens (including phenoxy) is 1. The fourth-order valence-corrected chi connectivity index (χ4v) is 2.40. The molecule has 22 heavy (non-hydrogen) atoms. The fourth-order valence-electron chi connectivity index (χ4n) is 2.40. The Bertz CT molecular complexity index is 556. The summed E-state index contributed by atoms with van der Waals surface area (Å²) in [4.78, 5) is 23.5. The first kappa shape index (κ1) is 16.4. The molecule has 1 saturated heterocycles. The van der Waals surface area contributed by atoms with E-state index in [1.54, 1.807) is 0 Å². The van der Waals surface area contributed by atoms with Crippen LogP contribution in [0.2, 0.25) is 0 Å². The van der Waals surface area contributed by atoms with Crippen molar-refractivity contribution in [1.82, 2.24) is 5.32 Å². The predicted molar refractivity (Wildman–Crippen MR) is 73.9 cm³/mol. The van der Waals surface area contributed by atoms with Crippen LogP contribution in [-0.4, -0.2) is 36.7 Å². The maximum atomic E-state index is 12.6. The van der Waals surface area contributed by atoms with Gasteiger partial charge in [0, 0.05) is 30.9 Å². The second-order valence-electron chi connectivity index (χ2n) is 5.31. The number of aliphatic carboxylic acids is 1. The molecule has 1 aliphatic rings. The second kappa shape index (κ2) is 6.83. The Morgan fingerprint density at radius 1 is 1.32 bits per heavy atom. The van der Waals surface area contributed by atoms with Gasteiger partial charge >= 0.3 is 5.97 Å². The van der Waals surface area contributed by atoms with E-state index in [9.17, 15) is 23.5 Å². The molecule has 0 aliphatic carbocycles. The van der Waals surface area contributed by atoms with Gasteiger partial charge in [-0.2, -0.15) is 0 Å². The van der Waals surface area contributed by atoms with Crippen LogP contribution in [0.25, 0.3) is 0 Å². The molecule has 1 aromatic rings. The molecule has 7 heteroatoms. The summed E-state index contributed by atoms with van der Waals surface area (Å²) < 4.78 is 30.4. The van der Waals surface area contributed by atoms with Crippen molar-refractivity contribution in [2.24, 2.45) is 5.41 Å². The quantitative estimate of drug-likeness (QED) is 0.874. The highest BCUT2D eigenvalue weighted by Gasteiger charge is 2.40. The van der Waals surface area contributed by atoms with Gasteiger partial charge in [0.25, 0.3) is 12.3 Å². The summed E-state index contributed by atoms with van der Waals surface area (Å²) in [5, 5.41) is 11.9. The number of nitrogens with one attached hydrogen (secondary N) is 1. The number of amides is 1. The fraction of sp³-hybridized carbons (Fsp3) is 0.467. The van der Waals surface area contributed by atoms with E-state index in [2.05, 4.69) is 5.32 Å². The van der Waals surface area contributed by atoms with Crippen LogP contribution in [0.5, 0.6) is 0 Å². The monoisotopic (exact) mass is 313 g/mol. The molecule has 1 amide bonds. The Balaban J connectivity index is 2.05. The smallest absolute Gasteiger partial charge is 0.311 e. The minimum absolute atomic E-state index is 0.0521. The van der Waals surface area contributed by atoms with E-state index in [-0.39, 0.29) is 17.7 Å². The molecule has 120 valence electrons. The minimum Gasteiger partial charge on any atom is -0.481 e. The normalized spacial score (nSPS) is 17.2. The average Bonchev–Trinajstić information content (AvgIpc) is 2.53. The second-order valence-corrected chi connectivity index (χ2v) is 5.31. The van der Waals surface area contributed by atoms with E-state index in [0.29, 0.717) is 26.1 Å². The van der Waals surface area contributed by atoms with Crippen molar-refractivity contribution >= 4 is 11.9 Å². The van der Waals surface area contributed by atoms with E-state index in [1.165, 1.54) is 18.2 Å². The molecule has 2 rings (SSSR count). The van der Waals surface area contributed by atoms with Gasteiger partial charge < -0.3 is 15.2 Å². The van der Waals surface area contributed by atoms with Gasteiger partial charge in [-0.05, 0) is 25.0 Å². The Hall–Kier alpha value is -2.02. The molecule has 0 spiro atoms. The lowest BCUT2D eigenvalue weighted by atomic mass is 9.80. The van der Waals surface area contributed by atoms with Crippen LogP contribution in [0.4, 0.5) is 8.78 Å². The average molecular weight is 313 g/mol. The van der Waals surface area contributed by atoms with Crippen molar-refractivity contribution in [2.45, 2.75) is 19.3 Å². The molecule has 0 saturated carbocycles. The van der Waals surface area contributed by atoms with Crippen molar-refractivity contribution in [3.8, 4) is 0 Å². The number of carboxylic acids is 1. The van der Waals surface area contributed by atoms with Gasteiger partial charge in [0.05, 0.1) is 5.41 Å². The molecular weight excluding hydrogens is 296 g/mol. The third kappa shape index (κ3) is 3.59. The van der Waals surface area contributed by atoms with Gasteiger partial charge in [-0.3, -0.25) is 9.59 Å². The number of carbonyl (C=O) groups is 2. The third-order valence-electron chi connectivity index (χ3n) is 3.89. The first-order valence-corrected chi connectivity index (χ1v) is 6.92. The Kier molecular flexibility index (Phi) is 5.07. The topological polar surface area (TPSA) is 75.6 Å². The van der Waals surface area contributed by atoms with Crippen LogP contribution in [-0.2, 0) is 9.53 Å². The molecule has 0 atom stereocenters. The Morgan fingerprint density at radius 2 is 2.00 bits per heavy atom. The molecule has 2 N–H and O–H groups in total. The van der Waals surface area contributed by atoms with Gasteiger partial charge in [-0.15, -0.1) is 0 Å². The van der Waals surface area contributed by atoms with Crippen LogP contribution in [0.3, 0.4) is 0 Å². The van der Waals surface area contributed by atoms with Gasteiger partial charge in [0.1, 0.15) is 0 Å². The van der Waals surface area contributed by atoms with Crippen LogP contribution in [0, 0.1) is 5.41 Å². The molecule has 1 heterocycles. The summed E-state index contributed by atoms with van der Waals surface area (Å²) in [5.74, 6) is -1.55. The standard InChI is InChI=1S/C15H17F2NO4/c16-12(17)10-2-1-3-11(8-10)13(19)18-9-15(14(20)21)4-6-22-7-5-15/h1-3,8,12H,4-7,9H2,(H,18,19)(H,20,21). The molecule has 5 nitrogen and oxygen atoms in total. The van der Waals surface area contributed by atoms with Crippen LogP contribution in [0.1, 0.15) is 35.2 Å². The van der Waals surface area contributed by atoms with E-state index in [1.807, 2.05) is 0 Å². The number of alkyl halides is 2. The molecule has 0 aromatic heterocycles.